The third-order valence-corrected chi connectivity index (χ3v) is 5.46. The zero-order valence-corrected chi connectivity index (χ0v) is 16.0. The van der Waals surface area contributed by atoms with Crippen LogP contribution in [0.25, 0.3) is 0 Å². The Balaban J connectivity index is 1.84. The fourth-order valence-corrected chi connectivity index (χ4v) is 3.83. The Labute approximate surface area is 149 Å². The van der Waals surface area contributed by atoms with Crippen LogP contribution in [0.1, 0.15) is 70.6 Å². The Kier molecular flexibility index (Phi) is 6.90. The Morgan fingerprint density at radius 3 is 2.46 bits per heavy atom. The molecule has 1 aliphatic carbocycles. The molecule has 1 amide bonds. The van der Waals surface area contributed by atoms with Crippen LogP contribution in [-0.4, -0.2) is 28.6 Å². The minimum absolute atomic E-state index is 0.0272. The van der Waals surface area contributed by atoms with Crippen molar-refractivity contribution in [1.82, 2.24) is 10.3 Å². The largest absolute Gasteiger partial charge is 0.492 e. The molecule has 1 fully saturated rings. The second-order valence-electron chi connectivity index (χ2n) is 7.71. The summed E-state index contributed by atoms with van der Waals surface area (Å²) >= 11 is 1.50. The zero-order chi connectivity index (χ0) is 17.6. The number of anilines is 1. The first-order valence-corrected chi connectivity index (χ1v) is 9.91. The van der Waals surface area contributed by atoms with Gasteiger partial charge in [0.15, 0.2) is 5.13 Å². The van der Waals surface area contributed by atoms with Crippen molar-refractivity contribution in [1.29, 1.82) is 0 Å². The third-order valence-electron chi connectivity index (χ3n) is 4.43. The van der Waals surface area contributed by atoms with Gasteiger partial charge in [-0.1, -0.05) is 64.2 Å². The Bertz CT molecular complexity index is 529. The summed E-state index contributed by atoms with van der Waals surface area (Å²) in [5, 5.41) is 17.2. The molecule has 1 aromatic rings. The molecule has 1 aliphatic rings. The predicted molar refractivity (Wildman–Crippen MR) is 99.7 cm³/mol. The van der Waals surface area contributed by atoms with Gasteiger partial charge in [-0.2, -0.15) is 4.98 Å². The number of amides is 1. The lowest BCUT2D eigenvalue weighted by atomic mass is 9.96. The smallest absolute Gasteiger partial charge is 0.227 e. The van der Waals surface area contributed by atoms with E-state index >= 15 is 0 Å². The monoisotopic (exact) mass is 353 g/mol. The number of carbonyl (C=O) groups excluding carboxylic acids is 1. The fraction of sp³-hybridized carbons (Fsp3) is 0.778. The lowest BCUT2D eigenvalue weighted by molar-refractivity contribution is -0.128. The first-order valence-electron chi connectivity index (χ1n) is 9.10. The normalized spacial score (nSPS) is 17.1. The molecule has 3 N–H and O–H groups in total. The van der Waals surface area contributed by atoms with E-state index in [1.54, 1.807) is 0 Å². The molecule has 0 spiro atoms. The molecule has 5 nitrogen and oxygen atoms in total. The molecule has 0 radical (unpaired) electrons. The lowest BCUT2D eigenvalue weighted by Gasteiger charge is -2.20. The van der Waals surface area contributed by atoms with Gasteiger partial charge in [0.25, 0.3) is 0 Å². The maximum Gasteiger partial charge on any atom is 0.227 e. The van der Waals surface area contributed by atoms with Crippen LogP contribution in [0.2, 0.25) is 0 Å². The van der Waals surface area contributed by atoms with Crippen molar-refractivity contribution in [3.63, 3.8) is 0 Å². The molecule has 0 aliphatic heterocycles. The van der Waals surface area contributed by atoms with Crippen molar-refractivity contribution < 1.29 is 9.90 Å². The predicted octanol–water partition coefficient (Wildman–Crippen LogP) is 4.08. The van der Waals surface area contributed by atoms with Crippen LogP contribution in [-0.2, 0) is 11.2 Å². The summed E-state index contributed by atoms with van der Waals surface area (Å²) < 4.78 is 0. The third kappa shape index (κ3) is 5.96. The van der Waals surface area contributed by atoms with Crippen LogP contribution in [0.15, 0.2) is 0 Å². The van der Waals surface area contributed by atoms with Gasteiger partial charge in [-0.25, -0.2) is 0 Å². The van der Waals surface area contributed by atoms with Crippen molar-refractivity contribution in [2.45, 2.75) is 78.2 Å². The van der Waals surface area contributed by atoms with Crippen molar-refractivity contribution in [2.24, 2.45) is 5.41 Å². The Hall–Kier alpha value is -1.30. The summed E-state index contributed by atoms with van der Waals surface area (Å²) in [6, 6.07) is 0.462. The second-order valence-corrected chi connectivity index (χ2v) is 8.79. The standard InChI is InChI=1S/C18H31N3O2S/c1-18(2,3)16(23)19-12-11-14-15(22)21-17(24-14)20-13-9-7-5-4-6-8-10-13/h13,22H,4-12H2,1-3H3,(H,19,23)(H,20,21). The number of nitrogens with one attached hydrogen (secondary N) is 2. The van der Waals surface area contributed by atoms with E-state index in [2.05, 4.69) is 15.6 Å². The van der Waals surface area contributed by atoms with Gasteiger partial charge in [-0.15, -0.1) is 0 Å². The maximum atomic E-state index is 11.9. The lowest BCUT2D eigenvalue weighted by Crippen LogP contribution is -2.35. The number of aromatic nitrogens is 1. The molecule has 0 saturated heterocycles. The molecule has 0 bridgehead atoms. The SMILES string of the molecule is CC(C)(C)C(=O)NCCc1sc(NC2CCCCCCC2)nc1O. The molecule has 0 atom stereocenters. The van der Waals surface area contributed by atoms with Gasteiger partial charge in [0, 0.05) is 24.4 Å². The Morgan fingerprint density at radius 2 is 1.83 bits per heavy atom. The highest BCUT2D eigenvalue weighted by molar-refractivity contribution is 7.15. The van der Waals surface area contributed by atoms with Crippen LogP contribution in [0.3, 0.4) is 0 Å². The average molecular weight is 354 g/mol. The number of carbonyl (C=O) groups is 1. The second kappa shape index (κ2) is 8.70. The van der Waals surface area contributed by atoms with Gasteiger partial charge in [0.05, 0.1) is 4.88 Å². The molecule has 0 unspecified atom stereocenters. The van der Waals surface area contributed by atoms with Crippen LogP contribution >= 0.6 is 11.3 Å². The molecule has 2 rings (SSSR count). The molecule has 0 aromatic carbocycles. The summed E-state index contributed by atoms with van der Waals surface area (Å²) in [6.45, 7) is 6.20. The number of thiazole rings is 1. The van der Waals surface area contributed by atoms with Crippen molar-refractivity contribution in [3.8, 4) is 5.88 Å². The molecule has 136 valence electrons. The molecule has 1 saturated carbocycles. The number of hydrogen-bond donors (Lipinski definition) is 3. The topological polar surface area (TPSA) is 74.2 Å². The van der Waals surface area contributed by atoms with Gasteiger partial charge in [0.1, 0.15) is 0 Å². The molecule has 1 aromatic heterocycles. The summed E-state index contributed by atoms with van der Waals surface area (Å²) in [6.07, 6.45) is 9.49. The molecule has 1 heterocycles. The molecule has 24 heavy (non-hydrogen) atoms. The average Bonchev–Trinajstić information content (AvgIpc) is 2.80. The van der Waals surface area contributed by atoms with Crippen molar-refractivity contribution in [2.75, 3.05) is 11.9 Å². The number of rotatable bonds is 5. The van der Waals surface area contributed by atoms with Crippen molar-refractivity contribution in [3.05, 3.63) is 4.88 Å². The van der Waals surface area contributed by atoms with E-state index in [1.807, 2.05) is 20.8 Å². The Morgan fingerprint density at radius 1 is 1.21 bits per heavy atom. The summed E-state index contributed by atoms with van der Waals surface area (Å²) in [4.78, 5) is 17.0. The number of aromatic hydroxyl groups is 1. The summed E-state index contributed by atoms with van der Waals surface area (Å²) in [5.41, 5.74) is -0.388. The molecular formula is C18H31N3O2S. The fourth-order valence-electron chi connectivity index (χ4n) is 2.90. The van der Waals surface area contributed by atoms with Crippen LogP contribution < -0.4 is 10.6 Å². The highest BCUT2D eigenvalue weighted by Gasteiger charge is 2.21. The van der Waals surface area contributed by atoms with E-state index in [9.17, 15) is 9.90 Å². The molecule has 6 heteroatoms. The van der Waals surface area contributed by atoms with E-state index in [-0.39, 0.29) is 17.2 Å². The summed E-state index contributed by atoms with van der Waals surface area (Å²) in [5.74, 6) is 0.123. The van der Waals surface area contributed by atoms with E-state index in [0.29, 0.717) is 19.0 Å². The van der Waals surface area contributed by atoms with E-state index in [0.717, 1.165) is 10.0 Å². The zero-order valence-electron chi connectivity index (χ0n) is 15.2. The van der Waals surface area contributed by atoms with E-state index in [4.69, 9.17) is 0 Å². The minimum atomic E-state index is -0.388. The van der Waals surface area contributed by atoms with Gasteiger partial charge >= 0.3 is 0 Å². The molecular weight excluding hydrogens is 322 g/mol. The highest BCUT2D eigenvalue weighted by atomic mass is 32.1. The van der Waals surface area contributed by atoms with Crippen molar-refractivity contribution >= 4 is 22.4 Å². The highest BCUT2D eigenvalue weighted by Crippen LogP contribution is 2.30. The van der Waals surface area contributed by atoms with Crippen LogP contribution in [0.5, 0.6) is 5.88 Å². The maximum absolute atomic E-state index is 11.9. The van der Waals surface area contributed by atoms with E-state index < -0.39 is 0 Å². The summed E-state index contributed by atoms with van der Waals surface area (Å²) in [7, 11) is 0. The number of nitrogens with zero attached hydrogens (tertiary/aromatic N) is 1. The van der Waals surface area contributed by atoms with Gasteiger partial charge < -0.3 is 15.7 Å². The van der Waals surface area contributed by atoms with Crippen LogP contribution in [0, 0.1) is 5.41 Å². The number of hydrogen-bond acceptors (Lipinski definition) is 5. The van der Waals surface area contributed by atoms with E-state index in [1.165, 1.54) is 56.3 Å². The van der Waals surface area contributed by atoms with Gasteiger partial charge in [-0.3, -0.25) is 4.79 Å². The first kappa shape index (κ1) is 19.0. The minimum Gasteiger partial charge on any atom is -0.492 e. The first-order chi connectivity index (χ1) is 11.4. The van der Waals surface area contributed by atoms with Gasteiger partial charge in [-0.05, 0) is 12.8 Å². The quantitative estimate of drug-likeness (QED) is 0.746. The van der Waals surface area contributed by atoms with Gasteiger partial charge in [0.2, 0.25) is 11.8 Å². The van der Waals surface area contributed by atoms with Crippen LogP contribution in [0.4, 0.5) is 5.13 Å².